The SMILES string of the molecule is CS(=O)(=O)Nc1ccccc1C(=O)c1ccc(-c2ccccc2)cc1. The van der Waals surface area contributed by atoms with Crippen LogP contribution in [0, 0.1) is 0 Å². The van der Waals surface area contributed by atoms with Crippen molar-refractivity contribution in [2.75, 3.05) is 11.0 Å². The first-order valence-corrected chi connectivity index (χ1v) is 9.60. The van der Waals surface area contributed by atoms with Gasteiger partial charge in [-0.15, -0.1) is 0 Å². The number of anilines is 1. The summed E-state index contributed by atoms with van der Waals surface area (Å²) in [7, 11) is -3.46. The zero-order chi connectivity index (χ0) is 17.9. The second kappa shape index (κ2) is 6.91. The Morgan fingerprint density at radius 1 is 0.760 bits per heavy atom. The van der Waals surface area contributed by atoms with E-state index < -0.39 is 10.0 Å². The summed E-state index contributed by atoms with van der Waals surface area (Å²) < 4.78 is 25.4. The highest BCUT2D eigenvalue weighted by atomic mass is 32.2. The Morgan fingerprint density at radius 3 is 1.96 bits per heavy atom. The second-order valence-corrected chi connectivity index (χ2v) is 7.44. The molecule has 25 heavy (non-hydrogen) atoms. The predicted molar refractivity (Wildman–Crippen MR) is 100 cm³/mol. The molecule has 4 nitrogen and oxygen atoms in total. The Labute approximate surface area is 147 Å². The molecular formula is C20H17NO3S. The van der Waals surface area contributed by atoms with Crippen LogP contribution in [-0.4, -0.2) is 20.5 Å². The number of nitrogens with one attached hydrogen (secondary N) is 1. The Kier molecular flexibility index (Phi) is 4.67. The maximum absolute atomic E-state index is 12.8. The Morgan fingerprint density at radius 2 is 1.32 bits per heavy atom. The zero-order valence-corrected chi connectivity index (χ0v) is 14.5. The lowest BCUT2D eigenvalue weighted by Crippen LogP contribution is -2.13. The number of para-hydroxylation sites is 1. The molecule has 0 saturated carbocycles. The first-order chi connectivity index (χ1) is 11.9. The van der Waals surface area contributed by atoms with E-state index in [2.05, 4.69) is 4.72 Å². The fraction of sp³-hybridized carbons (Fsp3) is 0.0500. The molecule has 126 valence electrons. The van der Waals surface area contributed by atoms with E-state index >= 15 is 0 Å². The van der Waals surface area contributed by atoms with E-state index in [1.807, 2.05) is 42.5 Å². The van der Waals surface area contributed by atoms with Crippen molar-refractivity contribution in [3.8, 4) is 11.1 Å². The largest absolute Gasteiger partial charge is 0.289 e. The molecule has 3 aromatic rings. The molecule has 0 atom stereocenters. The third-order valence-corrected chi connectivity index (χ3v) is 4.31. The van der Waals surface area contributed by atoms with Crippen molar-refractivity contribution in [1.29, 1.82) is 0 Å². The van der Waals surface area contributed by atoms with Crippen molar-refractivity contribution < 1.29 is 13.2 Å². The number of sulfonamides is 1. The van der Waals surface area contributed by atoms with Gasteiger partial charge in [0.2, 0.25) is 10.0 Å². The van der Waals surface area contributed by atoms with Gasteiger partial charge >= 0.3 is 0 Å². The average Bonchev–Trinajstić information content (AvgIpc) is 2.61. The summed E-state index contributed by atoms with van der Waals surface area (Å²) in [6.07, 6.45) is 1.06. The third-order valence-electron chi connectivity index (χ3n) is 3.72. The van der Waals surface area contributed by atoms with Crippen LogP contribution in [0.3, 0.4) is 0 Å². The summed E-state index contributed by atoms with van der Waals surface area (Å²) in [5, 5.41) is 0. The van der Waals surface area contributed by atoms with Crippen molar-refractivity contribution in [3.05, 3.63) is 90.0 Å². The van der Waals surface area contributed by atoms with Gasteiger partial charge in [-0.1, -0.05) is 66.7 Å². The normalized spacial score (nSPS) is 11.1. The number of benzene rings is 3. The van der Waals surface area contributed by atoms with Crippen LogP contribution in [-0.2, 0) is 10.0 Å². The maximum atomic E-state index is 12.8. The molecule has 0 spiro atoms. The highest BCUT2D eigenvalue weighted by Crippen LogP contribution is 2.23. The summed E-state index contributed by atoms with van der Waals surface area (Å²) in [4.78, 5) is 12.8. The number of hydrogen-bond donors (Lipinski definition) is 1. The molecule has 3 aromatic carbocycles. The quantitative estimate of drug-likeness (QED) is 0.708. The van der Waals surface area contributed by atoms with Crippen LogP contribution >= 0.6 is 0 Å². The van der Waals surface area contributed by atoms with Crippen molar-refractivity contribution in [2.24, 2.45) is 0 Å². The van der Waals surface area contributed by atoms with Crippen LogP contribution in [0.4, 0.5) is 5.69 Å². The van der Waals surface area contributed by atoms with Crippen LogP contribution in [0.25, 0.3) is 11.1 Å². The van der Waals surface area contributed by atoms with Crippen molar-refractivity contribution in [3.63, 3.8) is 0 Å². The fourth-order valence-electron chi connectivity index (χ4n) is 2.57. The zero-order valence-electron chi connectivity index (χ0n) is 13.6. The Hall–Kier alpha value is -2.92. The van der Waals surface area contributed by atoms with Gasteiger partial charge in [0, 0.05) is 11.1 Å². The van der Waals surface area contributed by atoms with Gasteiger partial charge in [-0.2, -0.15) is 0 Å². The van der Waals surface area contributed by atoms with Gasteiger partial charge in [-0.3, -0.25) is 9.52 Å². The lowest BCUT2D eigenvalue weighted by atomic mass is 9.98. The van der Waals surface area contributed by atoms with Gasteiger partial charge in [0.25, 0.3) is 0 Å². The third kappa shape index (κ3) is 4.14. The van der Waals surface area contributed by atoms with Gasteiger partial charge in [-0.05, 0) is 23.3 Å². The molecule has 5 heteroatoms. The van der Waals surface area contributed by atoms with E-state index in [0.29, 0.717) is 11.1 Å². The molecule has 0 unspecified atom stereocenters. The summed E-state index contributed by atoms with van der Waals surface area (Å²) in [6.45, 7) is 0. The lowest BCUT2D eigenvalue weighted by molar-refractivity contribution is 0.103. The minimum atomic E-state index is -3.46. The van der Waals surface area contributed by atoms with Gasteiger partial charge in [0.05, 0.1) is 11.9 Å². The minimum Gasteiger partial charge on any atom is -0.289 e. The van der Waals surface area contributed by atoms with Crippen molar-refractivity contribution in [2.45, 2.75) is 0 Å². The molecule has 0 bridgehead atoms. The van der Waals surface area contributed by atoms with Crippen LogP contribution in [0.5, 0.6) is 0 Å². The molecule has 0 aliphatic carbocycles. The van der Waals surface area contributed by atoms with E-state index in [1.54, 1.807) is 36.4 Å². The molecule has 1 N–H and O–H groups in total. The number of carbonyl (C=O) groups excluding carboxylic acids is 1. The number of rotatable bonds is 5. The highest BCUT2D eigenvalue weighted by Gasteiger charge is 2.15. The van der Waals surface area contributed by atoms with Gasteiger partial charge in [0.15, 0.2) is 5.78 Å². The smallest absolute Gasteiger partial charge is 0.229 e. The number of carbonyl (C=O) groups is 1. The van der Waals surface area contributed by atoms with E-state index in [-0.39, 0.29) is 11.5 Å². The minimum absolute atomic E-state index is 0.230. The molecule has 0 aromatic heterocycles. The predicted octanol–water partition coefficient (Wildman–Crippen LogP) is 3.96. The average molecular weight is 351 g/mol. The standard InChI is InChI=1S/C20H17NO3S/c1-25(23,24)21-19-10-6-5-9-18(19)20(22)17-13-11-16(12-14-17)15-7-3-2-4-8-15/h2-14,21H,1H3. The summed E-state index contributed by atoms with van der Waals surface area (Å²) >= 11 is 0. The molecule has 0 saturated heterocycles. The topological polar surface area (TPSA) is 63.2 Å². The van der Waals surface area contributed by atoms with E-state index in [0.717, 1.165) is 17.4 Å². The number of hydrogen-bond acceptors (Lipinski definition) is 3. The molecule has 0 aliphatic rings. The van der Waals surface area contributed by atoms with E-state index in [9.17, 15) is 13.2 Å². The van der Waals surface area contributed by atoms with Crippen molar-refractivity contribution in [1.82, 2.24) is 0 Å². The fourth-order valence-corrected chi connectivity index (χ4v) is 3.15. The molecule has 0 heterocycles. The van der Waals surface area contributed by atoms with Gasteiger partial charge in [0.1, 0.15) is 0 Å². The first kappa shape index (κ1) is 16.9. The lowest BCUT2D eigenvalue weighted by Gasteiger charge is -2.10. The summed E-state index contributed by atoms with van der Waals surface area (Å²) in [5.41, 5.74) is 3.19. The molecule has 0 amide bonds. The molecular weight excluding hydrogens is 334 g/mol. The highest BCUT2D eigenvalue weighted by molar-refractivity contribution is 7.92. The van der Waals surface area contributed by atoms with Crippen LogP contribution in [0.15, 0.2) is 78.9 Å². The molecule has 0 fully saturated rings. The second-order valence-electron chi connectivity index (χ2n) is 5.69. The maximum Gasteiger partial charge on any atom is 0.229 e. The van der Waals surface area contributed by atoms with Crippen molar-refractivity contribution >= 4 is 21.5 Å². The Bertz CT molecular complexity index is 995. The summed E-state index contributed by atoms with van der Waals surface area (Å²) in [6, 6.07) is 23.7. The van der Waals surface area contributed by atoms with Gasteiger partial charge < -0.3 is 0 Å². The van der Waals surface area contributed by atoms with Crippen LogP contribution in [0.2, 0.25) is 0 Å². The Balaban J connectivity index is 1.92. The van der Waals surface area contributed by atoms with Crippen LogP contribution < -0.4 is 4.72 Å². The first-order valence-electron chi connectivity index (χ1n) is 7.71. The van der Waals surface area contributed by atoms with Crippen LogP contribution in [0.1, 0.15) is 15.9 Å². The monoisotopic (exact) mass is 351 g/mol. The molecule has 0 radical (unpaired) electrons. The molecule has 3 rings (SSSR count). The summed E-state index contributed by atoms with van der Waals surface area (Å²) in [5.74, 6) is -0.230. The van der Waals surface area contributed by atoms with Gasteiger partial charge in [-0.25, -0.2) is 8.42 Å². The van der Waals surface area contributed by atoms with E-state index in [4.69, 9.17) is 0 Å². The van der Waals surface area contributed by atoms with E-state index in [1.165, 1.54) is 0 Å². The molecule has 0 aliphatic heterocycles. The number of ketones is 1.